The summed E-state index contributed by atoms with van der Waals surface area (Å²) in [7, 11) is 0. The van der Waals surface area contributed by atoms with Gasteiger partial charge in [0.1, 0.15) is 23.2 Å². The van der Waals surface area contributed by atoms with E-state index in [1.807, 2.05) is 12.2 Å². The maximum Gasteiger partial charge on any atom is 0.342 e. The third-order valence-corrected chi connectivity index (χ3v) is 3.66. The Morgan fingerprint density at radius 3 is 2.75 bits per heavy atom. The van der Waals surface area contributed by atoms with Gasteiger partial charge in [-0.3, -0.25) is 0 Å². The molecule has 1 aliphatic heterocycles. The fourth-order valence-corrected chi connectivity index (χ4v) is 2.49. The van der Waals surface area contributed by atoms with Crippen LogP contribution in [0.4, 0.5) is 0 Å². The number of hydrogen-bond acceptors (Lipinski definition) is 6. The van der Waals surface area contributed by atoms with Gasteiger partial charge in [-0.2, -0.15) is 0 Å². The van der Waals surface area contributed by atoms with E-state index in [2.05, 4.69) is 0 Å². The number of fused-ring (bicyclic) bond motifs is 1. The van der Waals surface area contributed by atoms with Gasteiger partial charge in [-0.25, -0.2) is 4.79 Å². The highest BCUT2D eigenvalue weighted by Gasteiger charge is 2.21. The van der Waals surface area contributed by atoms with Crippen molar-refractivity contribution in [2.45, 2.75) is 38.3 Å². The molecule has 2 atom stereocenters. The number of benzene rings is 1. The van der Waals surface area contributed by atoms with Crippen LogP contribution in [0.3, 0.4) is 0 Å². The molecule has 2 rings (SSSR count). The number of carbonyl (C=O) groups is 1. The van der Waals surface area contributed by atoms with Crippen LogP contribution in [-0.2, 0) is 11.2 Å². The molecule has 5 N–H and O–H groups in total. The van der Waals surface area contributed by atoms with Crippen molar-refractivity contribution in [1.82, 2.24) is 0 Å². The Hall–Kier alpha value is -2.60. The van der Waals surface area contributed by atoms with Crippen LogP contribution in [0.25, 0.3) is 0 Å². The Kier molecular flexibility index (Phi) is 5.76. The van der Waals surface area contributed by atoms with Crippen LogP contribution < -0.4 is 5.73 Å². The Morgan fingerprint density at radius 1 is 1.25 bits per heavy atom. The number of phenols is 2. The highest BCUT2D eigenvalue weighted by Crippen LogP contribution is 2.29. The summed E-state index contributed by atoms with van der Waals surface area (Å²) in [5, 5.41) is 27.7. The van der Waals surface area contributed by atoms with Gasteiger partial charge in [0.2, 0.25) is 0 Å². The minimum atomic E-state index is -0.679. The maximum absolute atomic E-state index is 12.4. The molecule has 0 saturated heterocycles. The Labute approximate surface area is 140 Å². The van der Waals surface area contributed by atoms with Crippen molar-refractivity contribution in [2.24, 2.45) is 5.73 Å². The second kappa shape index (κ2) is 7.79. The van der Waals surface area contributed by atoms with Crippen LogP contribution in [0.15, 0.2) is 36.4 Å². The number of cyclic esters (lactones) is 1. The molecule has 6 heteroatoms. The van der Waals surface area contributed by atoms with Gasteiger partial charge in [0.05, 0.1) is 0 Å². The number of aromatic hydroxyl groups is 2. The average molecular weight is 330 g/mol. The van der Waals surface area contributed by atoms with E-state index >= 15 is 0 Å². The molecular weight excluding hydrogens is 308 g/mol. The number of rotatable bonds is 0. The van der Waals surface area contributed by atoms with Crippen molar-refractivity contribution in [3.05, 3.63) is 47.6 Å². The molecule has 0 bridgehead atoms. The summed E-state index contributed by atoms with van der Waals surface area (Å²) in [4.78, 5) is 12.4. The summed E-state index contributed by atoms with van der Waals surface area (Å²) in [6.07, 6.45) is 7.89. The molecule has 0 unspecified atom stereocenters. The predicted octanol–water partition coefficient (Wildman–Crippen LogP) is 2.44. The lowest BCUT2D eigenvalue weighted by Gasteiger charge is -2.16. The number of allylic oxidation sites excluding steroid dienone is 1. The molecule has 1 aromatic carbocycles. The molecule has 0 spiro atoms. The molecule has 0 aliphatic carbocycles. The van der Waals surface area contributed by atoms with E-state index in [0.717, 1.165) is 6.07 Å². The van der Waals surface area contributed by atoms with E-state index in [9.17, 15) is 15.0 Å². The molecule has 1 aromatic rings. The van der Waals surface area contributed by atoms with Gasteiger partial charge >= 0.3 is 5.97 Å². The SMILES string of the molecule is C[C@@H]1C/C=C/[C@@H](N)C/C=C/C(=N)Cc2cc(O)cc(O)c2C(=O)O1. The molecule has 0 aromatic heterocycles. The predicted molar refractivity (Wildman–Crippen MR) is 91.6 cm³/mol. The second-order valence-electron chi connectivity index (χ2n) is 5.88. The van der Waals surface area contributed by atoms with Crippen molar-refractivity contribution in [1.29, 1.82) is 5.41 Å². The lowest BCUT2D eigenvalue weighted by molar-refractivity contribution is 0.0343. The maximum atomic E-state index is 12.4. The zero-order valence-corrected chi connectivity index (χ0v) is 13.5. The Morgan fingerprint density at radius 2 is 2.00 bits per heavy atom. The first-order chi connectivity index (χ1) is 11.4. The largest absolute Gasteiger partial charge is 0.508 e. The molecular formula is C18H22N2O4. The zero-order valence-electron chi connectivity index (χ0n) is 13.5. The van der Waals surface area contributed by atoms with E-state index in [4.69, 9.17) is 15.9 Å². The van der Waals surface area contributed by atoms with Gasteiger partial charge < -0.3 is 26.1 Å². The highest BCUT2D eigenvalue weighted by molar-refractivity contribution is 5.99. The fourth-order valence-electron chi connectivity index (χ4n) is 2.49. The summed E-state index contributed by atoms with van der Waals surface area (Å²) in [5.41, 5.74) is 6.49. The summed E-state index contributed by atoms with van der Waals surface area (Å²) < 4.78 is 5.35. The van der Waals surface area contributed by atoms with Crippen LogP contribution in [0.2, 0.25) is 0 Å². The van der Waals surface area contributed by atoms with Crippen molar-refractivity contribution in [3.63, 3.8) is 0 Å². The molecule has 24 heavy (non-hydrogen) atoms. The van der Waals surface area contributed by atoms with Gasteiger partial charge in [-0.05, 0) is 31.1 Å². The molecule has 0 fully saturated rings. The average Bonchev–Trinajstić information content (AvgIpc) is 2.45. The van der Waals surface area contributed by atoms with Crippen molar-refractivity contribution < 1.29 is 19.7 Å². The van der Waals surface area contributed by atoms with Gasteiger partial charge in [0.25, 0.3) is 0 Å². The first kappa shape index (κ1) is 17.7. The van der Waals surface area contributed by atoms with E-state index in [-0.39, 0.29) is 41.3 Å². The Balaban J connectivity index is 2.41. The van der Waals surface area contributed by atoms with Crippen LogP contribution in [0.5, 0.6) is 11.5 Å². The first-order valence-corrected chi connectivity index (χ1v) is 7.79. The normalized spacial score (nSPS) is 25.2. The lowest BCUT2D eigenvalue weighted by Crippen LogP contribution is -2.19. The fraction of sp³-hybridized carbons (Fsp3) is 0.333. The van der Waals surface area contributed by atoms with E-state index in [1.165, 1.54) is 6.07 Å². The standard InChI is InChI=1S/C18H22N2O4/c1-11-4-2-5-13(19)6-3-7-14(20)8-12-9-15(21)10-16(22)17(12)18(23)24-11/h2-3,5,7,9-11,13,20-22H,4,6,8,19H2,1H3/b5-2+,7-3+,20-14?/t11-,13-/m1/s1. The lowest BCUT2D eigenvalue weighted by atomic mass is 9.99. The van der Waals surface area contributed by atoms with E-state index in [1.54, 1.807) is 19.1 Å². The molecule has 0 saturated carbocycles. The number of nitrogens with one attached hydrogen (secondary N) is 1. The van der Waals surface area contributed by atoms with E-state index < -0.39 is 5.97 Å². The second-order valence-corrected chi connectivity index (χ2v) is 5.88. The van der Waals surface area contributed by atoms with Gasteiger partial charge in [-0.15, -0.1) is 0 Å². The van der Waals surface area contributed by atoms with Crippen molar-refractivity contribution in [2.75, 3.05) is 0 Å². The quantitative estimate of drug-likeness (QED) is 0.430. The minimum Gasteiger partial charge on any atom is -0.508 e. The highest BCUT2D eigenvalue weighted by atomic mass is 16.5. The third-order valence-electron chi connectivity index (χ3n) is 3.66. The summed E-state index contributed by atoms with van der Waals surface area (Å²) in [6.45, 7) is 1.75. The molecule has 6 nitrogen and oxygen atoms in total. The number of esters is 1. The van der Waals surface area contributed by atoms with E-state index in [0.29, 0.717) is 18.4 Å². The third kappa shape index (κ3) is 4.70. The molecule has 1 heterocycles. The molecule has 128 valence electrons. The zero-order chi connectivity index (χ0) is 17.7. The van der Waals surface area contributed by atoms with Crippen molar-refractivity contribution >= 4 is 11.7 Å². The number of carbonyl (C=O) groups excluding carboxylic acids is 1. The van der Waals surface area contributed by atoms with Crippen molar-refractivity contribution in [3.8, 4) is 11.5 Å². The smallest absolute Gasteiger partial charge is 0.342 e. The van der Waals surface area contributed by atoms with Crippen LogP contribution in [0, 0.1) is 5.41 Å². The van der Waals surface area contributed by atoms with Crippen LogP contribution in [-0.4, -0.2) is 34.0 Å². The van der Waals surface area contributed by atoms with Gasteiger partial charge in [0, 0.05) is 30.7 Å². The van der Waals surface area contributed by atoms with Crippen LogP contribution >= 0.6 is 0 Å². The number of hydrogen-bond donors (Lipinski definition) is 4. The molecule has 1 aliphatic rings. The number of phenolic OH excluding ortho intramolecular Hbond substituents is 2. The topological polar surface area (TPSA) is 117 Å². The summed E-state index contributed by atoms with van der Waals surface area (Å²) >= 11 is 0. The number of ether oxygens (including phenoxy) is 1. The molecule has 0 radical (unpaired) electrons. The first-order valence-electron chi connectivity index (χ1n) is 7.79. The minimum absolute atomic E-state index is 0.0180. The van der Waals surface area contributed by atoms with Gasteiger partial charge in [0.15, 0.2) is 0 Å². The summed E-state index contributed by atoms with van der Waals surface area (Å²) in [6, 6.07) is 2.29. The summed E-state index contributed by atoms with van der Waals surface area (Å²) in [5.74, 6) is -1.21. The van der Waals surface area contributed by atoms with Gasteiger partial charge in [-0.1, -0.05) is 18.2 Å². The molecule has 0 amide bonds. The number of nitrogens with two attached hydrogens (primary N) is 1. The monoisotopic (exact) mass is 330 g/mol. The Bertz CT molecular complexity index is 695. The van der Waals surface area contributed by atoms with Crippen LogP contribution in [0.1, 0.15) is 35.7 Å².